The molecule has 2 amide bonds. The van der Waals surface area contributed by atoms with Gasteiger partial charge < -0.3 is 9.80 Å². The molecule has 2 aliphatic rings. The average Bonchev–Trinajstić information content (AvgIpc) is 3.07. The second-order valence-corrected chi connectivity index (χ2v) is 12.1. The van der Waals surface area contributed by atoms with Crippen LogP contribution in [0.15, 0.2) is 35.2 Å². The lowest BCUT2D eigenvalue weighted by atomic mass is 9.62. The van der Waals surface area contributed by atoms with Gasteiger partial charge in [0.2, 0.25) is 0 Å². The number of imide groups is 1. The van der Waals surface area contributed by atoms with Crippen molar-refractivity contribution in [3.05, 3.63) is 51.9 Å². The second kappa shape index (κ2) is 8.49. The maximum Gasteiger partial charge on any atom is 0.290 e. The monoisotopic (exact) mass is 477 g/mol. The Bertz CT molecular complexity index is 1210. The van der Waals surface area contributed by atoms with Crippen LogP contribution in [0, 0.1) is 0 Å². The fraction of sp³-hybridized carbons (Fsp3) is 0.429. The molecule has 1 saturated heterocycles. The highest BCUT2D eigenvalue weighted by atomic mass is 32.2. The maximum atomic E-state index is 12.3. The van der Waals surface area contributed by atoms with E-state index in [1.807, 2.05) is 32.3 Å². The molecule has 34 heavy (non-hydrogen) atoms. The molecule has 5 nitrogen and oxygen atoms in total. The molecule has 180 valence electrons. The Kier molecular flexibility index (Phi) is 6.09. The molecule has 0 spiro atoms. The molecule has 1 N–H and O–H groups in total. The van der Waals surface area contributed by atoms with Crippen LogP contribution in [-0.4, -0.2) is 39.3 Å². The van der Waals surface area contributed by atoms with Gasteiger partial charge in [-0.3, -0.25) is 14.9 Å². The van der Waals surface area contributed by atoms with Crippen LogP contribution in [-0.2, 0) is 15.6 Å². The van der Waals surface area contributed by atoms with Gasteiger partial charge in [-0.1, -0.05) is 39.8 Å². The number of benzene rings is 2. The predicted molar refractivity (Wildman–Crippen MR) is 145 cm³/mol. The first-order valence-electron chi connectivity index (χ1n) is 11.7. The van der Waals surface area contributed by atoms with E-state index >= 15 is 0 Å². The van der Waals surface area contributed by atoms with Crippen molar-refractivity contribution in [3.63, 3.8) is 0 Å². The normalized spacial score (nSPS) is 19.7. The summed E-state index contributed by atoms with van der Waals surface area (Å²) in [6.07, 6.45) is 4.14. The van der Waals surface area contributed by atoms with Gasteiger partial charge in [-0.2, -0.15) is 0 Å². The number of hydrogen-bond donors (Lipinski definition) is 1. The fourth-order valence-electron chi connectivity index (χ4n) is 5.08. The van der Waals surface area contributed by atoms with Crippen molar-refractivity contribution >= 4 is 40.4 Å². The van der Waals surface area contributed by atoms with E-state index in [1.165, 1.54) is 11.1 Å². The first-order valence-corrected chi connectivity index (χ1v) is 12.6. The van der Waals surface area contributed by atoms with Gasteiger partial charge in [0.05, 0.1) is 4.91 Å². The molecule has 1 aliphatic carbocycles. The topological polar surface area (TPSA) is 52.7 Å². The van der Waals surface area contributed by atoms with Gasteiger partial charge in [0.15, 0.2) is 0 Å². The smallest absolute Gasteiger partial charge is 0.290 e. The molecule has 1 heterocycles. The number of hydrogen-bond acceptors (Lipinski definition) is 5. The summed E-state index contributed by atoms with van der Waals surface area (Å²) in [4.78, 5) is 28.8. The molecule has 1 fully saturated rings. The van der Waals surface area contributed by atoms with E-state index in [9.17, 15) is 9.59 Å². The van der Waals surface area contributed by atoms with E-state index in [0.717, 1.165) is 52.7 Å². The molecule has 0 saturated carbocycles. The van der Waals surface area contributed by atoms with Crippen LogP contribution >= 0.6 is 11.8 Å². The van der Waals surface area contributed by atoms with Crippen LogP contribution in [0.25, 0.3) is 17.2 Å². The molecule has 1 aliphatic heterocycles. The van der Waals surface area contributed by atoms with Crippen LogP contribution < -0.4 is 15.1 Å². The van der Waals surface area contributed by atoms with Gasteiger partial charge >= 0.3 is 0 Å². The van der Waals surface area contributed by atoms with Crippen LogP contribution in [0.3, 0.4) is 0 Å². The summed E-state index contributed by atoms with van der Waals surface area (Å²) in [7, 11) is 8.25. The fourth-order valence-corrected chi connectivity index (χ4v) is 5.75. The number of rotatable bonds is 4. The van der Waals surface area contributed by atoms with E-state index in [-0.39, 0.29) is 22.0 Å². The Morgan fingerprint density at radius 1 is 0.882 bits per heavy atom. The van der Waals surface area contributed by atoms with E-state index in [1.54, 1.807) is 0 Å². The Hall–Kier alpha value is -2.73. The Labute approximate surface area is 207 Å². The summed E-state index contributed by atoms with van der Waals surface area (Å²) >= 11 is 0.957. The molecule has 0 radical (unpaired) electrons. The van der Waals surface area contributed by atoms with Gasteiger partial charge in [0, 0.05) is 50.7 Å². The third kappa shape index (κ3) is 4.24. The number of amides is 2. The molecule has 2 aromatic rings. The van der Waals surface area contributed by atoms with Crippen LogP contribution in [0.1, 0.15) is 57.2 Å². The molecule has 0 aromatic heterocycles. The Morgan fingerprint density at radius 3 is 2.00 bits per heavy atom. The van der Waals surface area contributed by atoms with E-state index in [0.29, 0.717) is 4.91 Å². The first kappa shape index (κ1) is 24.4. The lowest BCUT2D eigenvalue weighted by Crippen LogP contribution is -2.34. The minimum atomic E-state index is -0.336. The first-order chi connectivity index (χ1) is 15.8. The van der Waals surface area contributed by atoms with Crippen molar-refractivity contribution in [2.75, 3.05) is 38.0 Å². The van der Waals surface area contributed by atoms with E-state index in [4.69, 9.17) is 0 Å². The highest BCUT2D eigenvalue weighted by Crippen LogP contribution is 2.50. The van der Waals surface area contributed by atoms with Gasteiger partial charge in [0.1, 0.15) is 0 Å². The summed E-state index contributed by atoms with van der Waals surface area (Å²) in [6, 6.07) is 10.9. The number of nitrogens with zero attached hydrogens (tertiary/aromatic N) is 2. The highest BCUT2D eigenvalue weighted by Gasteiger charge is 2.38. The zero-order chi connectivity index (χ0) is 25.0. The van der Waals surface area contributed by atoms with Gasteiger partial charge in [-0.25, -0.2) is 0 Å². The zero-order valence-electron chi connectivity index (χ0n) is 21.5. The number of fused-ring (bicyclic) bond motifs is 1. The quantitative estimate of drug-likeness (QED) is 0.535. The molecule has 0 bridgehead atoms. The standard InChI is InChI=1S/C28H35N3O2S/c1-27(2)12-13-28(3,4)20-16-22(31(7)8)18(15-19(20)27)24-17(10-9-11-21(24)30(5)6)14-23-25(32)29-26(33)34-23/h9-11,14-16H,12-13H2,1-8H3,(H,29,32,33)/b23-14-. The SMILES string of the molecule is CN(C)c1cc2c(cc1-c1c(/C=C3\SC(=O)NC3=O)cccc1N(C)C)C(C)(C)CCC2(C)C. The van der Waals surface area contributed by atoms with Gasteiger partial charge in [0.25, 0.3) is 11.1 Å². The Morgan fingerprint density at radius 2 is 1.47 bits per heavy atom. The molecular weight excluding hydrogens is 442 g/mol. The summed E-state index contributed by atoms with van der Waals surface area (Å²) in [5.74, 6) is -0.336. The van der Waals surface area contributed by atoms with Crippen LogP contribution in [0.2, 0.25) is 0 Å². The van der Waals surface area contributed by atoms with Gasteiger partial charge in [-0.15, -0.1) is 0 Å². The number of nitrogens with one attached hydrogen (secondary N) is 1. The van der Waals surface area contributed by atoms with Crippen LogP contribution in [0.5, 0.6) is 0 Å². The van der Waals surface area contributed by atoms with E-state index < -0.39 is 0 Å². The molecule has 0 unspecified atom stereocenters. The summed E-state index contributed by atoms with van der Waals surface area (Å²) < 4.78 is 0. The average molecular weight is 478 g/mol. The molecular formula is C28H35N3O2S. The van der Waals surface area contributed by atoms with Crippen molar-refractivity contribution in [2.45, 2.75) is 51.4 Å². The van der Waals surface area contributed by atoms with Crippen molar-refractivity contribution in [2.24, 2.45) is 0 Å². The number of carbonyl (C=O) groups excluding carboxylic acids is 2. The second-order valence-electron chi connectivity index (χ2n) is 11.1. The third-order valence-electron chi connectivity index (χ3n) is 7.21. The summed E-state index contributed by atoms with van der Waals surface area (Å²) in [6.45, 7) is 9.37. The molecule has 0 atom stereocenters. The van der Waals surface area contributed by atoms with Crippen molar-refractivity contribution in [1.82, 2.24) is 5.32 Å². The van der Waals surface area contributed by atoms with Crippen molar-refractivity contribution < 1.29 is 9.59 Å². The maximum absolute atomic E-state index is 12.3. The lowest BCUT2D eigenvalue weighted by Gasteiger charge is -2.43. The molecule has 4 rings (SSSR count). The summed E-state index contributed by atoms with van der Waals surface area (Å²) in [5, 5.41) is 2.05. The minimum Gasteiger partial charge on any atom is -0.377 e. The number of anilines is 2. The van der Waals surface area contributed by atoms with Gasteiger partial charge in [-0.05, 0) is 76.4 Å². The Balaban J connectivity index is 2.06. The highest BCUT2D eigenvalue weighted by molar-refractivity contribution is 8.18. The van der Waals surface area contributed by atoms with Crippen molar-refractivity contribution in [3.8, 4) is 11.1 Å². The largest absolute Gasteiger partial charge is 0.377 e. The third-order valence-corrected chi connectivity index (χ3v) is 8.02. The lowest BCUT2D eigenvalue weighted by molar-refractivity contribution is -0.115. The van der Waals surface area contributed by atoms with Crippen molar-refractivity contribution in [1.29, 1.82) is 0 Å². The number of carbonyl (C=O) groups is 2. The zero-order valence-corrected chi connectivity index (χ0v) is 22.3. The predicted octanol–water partition coefficient (Wildman–Crippen LogP) is 6.16. The minimum absolute atomic E-state index is 0.0732. The summed E-state index contributed by atoms with van der Waals surface area (Å²) in [5.41, 5.74) is 8.34. The molecule has 6 heteroatoms. The van der Waals surface area contributed by atoms with Crippen LogP contribution in [0.4, 0.5) is 16.2 Å². The molecule has 2 aromatic carbocycles. The van der Waals surface area contributed by atoms with E-state index in [2.05, 4.69) is 75.1 Å². The number of thioether (sulfide) groups is 1.